The molecule has 1 aromatic carbocycles. The summed E-state index contributed by atoms with van der Waals surface area (Å²) in [5.41, 5.74) is 3.06. The first kappa shape index (κ1) is 22.0. The Morgan fingerprint density at radius 1 is 1.19 bits per heavy atom. The molecule has 27 heavy (non-hydrogen) atoms. The van der Waals surface area contributed by atoms with Gasteiger partial charge in [-0.1, -0.05) is 37.3 Å². The summed E-state index contributed by atoms with van der Waals surface area (Å²) in [5.74, 6) is 5.55. The quantitative estimate of drug-likeness (QED) is 0.389. The van der Waals surface area contributed by atoms with Crippen LogP contribution < -0.4 is 10.4 Å². The van der Waals surface area contributed by atoms with Gasteiger partial charge in [0.25, 0.3) is 0 Å². The third-order valence-corrected chi connectivity index (χ3v) is 6.70. The second kappa shape index (κ2) is 10.9. The zero-order valence-corrected chi connectivity index (χ0v) is 17.3. The van der Waals surface area contributed by atoms with E-state index in [1.54, 1.807) is 0 Å². The minimum atomic E-state index is -3.49. The smallest absolute Gasteiger partial charge is 0.216 e. The number of piperazine rings is 1. The topological polar surface area (TPSA) is 72.9 Å². The molecule has 150 valence electrons. The van der Waals surface area contributed by atoms with E-state index in [9.17, 15) is 13.6 Å². The van der Waals surface area contributed by atoms with Crippen LogP contribution in [0.25, 0.3) is 0 Å². The molecule has 1 atom stereocenters. The van der Waals surface area contributed by atoms with Crippen LogP contribution in [-0.4, -0.2) is 55.9 Å². The first-order valence-electron chi connectivity index (χ1n) is 9.32. The molecule has 6 nitrogen and oxygen atoms in total. The zero-order chi connectivity index (χ0) is 19.7. The number of sulfonamides is 1. The Balaban J connectivity index is 1.88. The Hall–Kier alpha value is -1.30. The average molecular weight is 414 g/mol. The number of hydrogen-bond acceptors (Lipinski definition) is 5. The van der Waals surface area contributed by atoms with Gasteiger partial charge in [0, 0.05) is 43.3 Å². The molecule has 1 aliphatic rings. The van der Waals surface area contributed by atoms with Crippen LogP contribution in [0, 0.1) is 11.8 Å². The van der Waals surface area contributed by atoms with Gasteiger partial charge in [0.1, 0.15) is 6.04 Å². The fourth-order valence-corrected chi connectivity index (χ4v) is 4.60. The Kier molecular flexibility index (Phi) is 8.87. The highest BCUT2D eigenvalue weighted by Crippen LogP contribution is 2.20. The number of unbranched alkanes of at least 4 members (excludes halogenated alkanes) is 3. The second-order valence-corrected chi connectivity index (χ2v) is 9.05. The maximum absolute atomic E-state index is 12.6. The van der Waals surface area contributed by atoms with Crippen LogP contribution in [-0.2, 0) is 10.0 Å². The van der Waals surface area contributed by atoms with E-state index in [0.717, 1.165) is 24.9 Å². The van der Waals surface area contributed by atoms with Gasteiger partial charge in [-0.2, -0.15) is 9.79 Å². The van der Waals surface area contributed by atoms with Crippen molar-refractivity contribution >= 4 is 27.3 Å². The van der Waals surface area contributed by atoms with Crippen molar-refractivity contribution in [3.63, 3.8) is 0 Å². The minimum Gasteiger partial charge on any atom is -0.369 e. The lowest BCUT2D eigenvalue weighted by Crippen LogP contribution is -2.51. The number of hydrogen-bond donors (Lipinski definition) is 2. The predicted octanol–water partition coefficient (Wildman–Crippen LogP) is 2.72. The fraction of sp³-hybridized carbons (Fsp3) is 0.579. The predicted molar refractivity (Wildman–Crippen MR) is 110 cm³/mol. The van der Waals surface area contributed by atoms with Gasteiger partial charge in [-0.05, 0) is 30.7 Å². The number of halogens is 1. The van der Waals surface area contributed by atoms with Crippen LogP contribution in [0.15, 0.2) is 24.3 Å². The summed E-state index contributed by atoms with van der Waals surface area (Å²) in [6, 6.07) is 6.76. The van der Waals surface area contributed by atoms with Crippen molar-refractivity contribution < 1.29 is 13.6 Å². The Morgan fingerprint density at radius 2 is 1.85 bits per heavy atom. The molecule has 0 bridgehead atoms. The van der Waals surface area contributed by atoms with Crippen molar-refractivity contribution in [3.8, 4) is 11.8 Å². The summed E-state index contributed by atoms with van der Waals surface area (Å²) in [7, 11) is -3.49. The number of rotatable bonds is 8. The minimum absolute atomic E-state index is 0.231. The highest BCUT2D eigenvalue weighted by molar-refractivity contribution is 7.89. The zero-order valence-electron chi connectivity index (χ0n) is 15.7. The van der Waals surface area contributed by atoms with Crippen LogP contribution >= 0.6 is 11.6 Å². The van der Waals surface area contributed by atoms with Crippen LogP contribution in [0.2, 0.25) is 5.02 Å². The van der Waals surface area contributed by atoms with E-state index in [1.165, 1.54) is 4.31 Å². The van der Waals surface area contributed by atoms with E-state index >= 15 is 0 Å². The molecule has 2 N–H and O–H groups in total. The summed E-state index contributed by atoms with van der Waals surface area (Å²) in [6.07, 6.45) is 3.91. The number of anilines is 1. The fourth-order valence-electron chi connectivity index (χ4n) is 2.96. The highest BCUT2D eigenvalue weighted by atomic mass is 35.5. The lowest BCUT2D eigenvalue weighted by molar-refractivity contribution is 0.153. The first-order valence-corrected chi connectivity index (χ1v) is 11.3. The molecule has 0 spiro atoms. The molecule has 0 amide bonds. The van der Waals surface area contributed by atoms with E-state index < -0.39 is 16.1 Å². The first-order chi connectivity index (χ1) is 13.0. The molecule has 2 rings (SSSR count). The van der Waals surface area contributed by atoms with E-state index in [0.29, 0.717) is 37.6 Å². The van der Waals surface area contributed by atoms with Crippen LogP contribution in [0.5, 0.6) is 0 Å². The molecule has 1 heterocycles. The molecular formula is C19H28ClN3O3S. The van der Waals surface area contributed by atoms with Gasteiger partial charge < -0.3 is 10.1 Å². The van der Waals surface area contributed by atoms with Crippen LogP contribution in [0.1, 0.15) is 32.6 Å². The Bertz CT molecular complexity index is 736. The van der Waals surface area contributed by atoms with Crippen molar-refractivity contribution in [2.75, 3.05) is 36.8 Å². The number of nitrogens with one attached hydrogen (secondary N) is 1. The number of nitrogens with zero attached hydrogens (tertiary/aromatic N) is 2. The molecule has 1 fully saturated rings. The standard InChI is InChI=1S/C19H28ClN3O3S/c1-2-3-4-5-6-7-18(21-24)16-27(25,26)23-14-12-22(13-15-23)19-10-8-17(20)9-11-19/h8-11,18,21,24H,2-5,12-16H2,1H3. The summed E-state index contributed by atoms with van der Waals surface area (Å²) >= 11 is 5.91. The van der Waals surface area contributed by atoms with Gasteiger partial charge in [-0.15, -0.1) is 5.92 Å². The van der Waals surface area contributed by atoms with Crippen molar-refractivity contribution in [3.05, 3.63) is 29.3 Å². The maximum atomic E-state index is 12.6. The van der Waals surface area contributed by atoms with E-state index in [4.69, 9.17) is 11.6 Å². The largest absolute Gasteiger partial charge is 0.369 e. The lowest BCUT2D eigenvalue weighted by atomic mass is 10.2. The third-order valence-electron chi connectivity index (χ3n) is 4.54. The molecule has 0 saturated carbocycles. The molecule has 0 radical (unpaired) electrons. The molecule has 0 aliphatic carbocycles. The normalized spacial score (nSPS) is 16.6. The monoisotopic (exact) mass is 413 g/mol. The average Bonchev–Trinajstić information content (AvgIpc) is 2.67. The number of benzene rings is 1. The Labute approximate surface area is 167 Å². The van der Waals surface area contributed by atoms with Crippen molar-refractivity contribution in [1.29, 1.82) is 0 Å². The van der Waals surface area contributed by atoms with Gasteiger partial charge in [0.15, 0.2) is 0 Å². The Morgan fingerprint density at radius 3 is 2.44 bits per heavy atom. The van der Waals surface area contributed by atoms with Gasteiger partial charge >= 0.3 is 0 Å². The molecule has 1 saturated heterocycles. The summed E-state index contributed by atoms with van der Waals surface area (Å²) in [5, 5.41) is 9.93. The molecule has 1 aromatic rings. The van der Waals surface area contributed by atoms with Crippen molar-refractivity contribution in [1.82, 2.24) is 9.79 Å². The van der Waals surface area contributed by atoms with Crippen molar-refractivity contribution in [2.24, 2.45) is 0 Å². The van der Waals surface area contributed by atoms with Crippen LogP contribution in [0.3, 0.4) is 0 Å². The highest BCUT2D eigenvalue weighted by Gasteiger charge is 2.29. The van der Waals surface area contributed by atoms with Crippen LogP contribution in [0.4, 0.5) is 5.69 Å². The summed E-state index contributed by atoms with van der Waals surface area (Å²) in [6.45, 7) is 4.16. The van der Waals surface area contributed by atoms with Gasteiger partial charge in [0.05, 0.1) is 5.75 Å². The third kappa shape index (κ3) is 6.98. The molecule has 0 aromatic heterocycles. The lowest BCUT2D eigenvalue weighted by Gasteiger charge is -2.35. The second-order valence-electron chi connectivity index (χ2n) is 6.60. The molecule has 8 heteroatoms. The summed E-state index contributed by atoms with van der Waals surface area (Å²) < 4.78 is 26.8. The van der Waals surface area contributed by atoms with Gasteiger partial charge in [0.2, 0.25) is 10.0 Å². The van der Waals surface area contributed by atoms with E-state index in [1.807, 2.05) is 29.7 Å². The molecular weight excluding hydrogens is 386 g/mol. The van der Waals surface area contributed by atoms with Crippen molar-refractivity contribution in [2.45, 2.75) is 38.6 Å². The summed E-state index contributed by atoms with van der Waals surface area (Å²) in [4.78, 5) is 2.14. The number of hydroxylamine groups is 1. The van der Waals surface area contributed by atoms with Gasteiger partial charge in [-0.3, -0.25) is 0 Å². The maximum Gasteiger partial charge on any atom is 0.216 e. The van der Waals surface area contributed by atoms with E-state index in [-0.39, 0.29) is 5.75 Å². The SMILES string of the molecule is CCCCCC#CC(CS(=O)(=O)N1CCN(c2ccc(Cl)cc2)CC1)NO. The molecule has 1 unspecified atom stereocenters. The van der Waals surface area contributed by atoms with E-state index in [2.05, 4.69) is 23.7 Å². The van der Waals surface area contributed by atoms with Gasteiger partial charge in [-0.25, -0.2) is 8.42 Å². The molecule has 1 aliphatic heterocycles.